The van der Waals surface area contributed by atoms with E-state index in [1.54, 1.807) is 41.9 Å². The van der Waals surface area contributed by atoms with E-state index in [9.17, 15) is 14.9 Å². The second-order valence-electron chi connectivity index (χ2n) is 10.5. The van der Waals surface area contributed by atoms with E-state index in [1.165, 1.54) is 0 Å². The van der Waals surface area contributed by atoms with Crippen LogP contribution < -0.4 is 4.74 Å². The summed E-state index contributed by atoms with van der Waals surface area (Å²) in [5.74, 6) is -0.507. The van der Waals surface area contributed by atoms with Crippen LogP contribution >= 0.6 is 11.6 Å². The fraction of sp³-hybridized carbons (Fsp3) is 0.0811. The molecule has 0 spiro atoms. The second kappa shape index (κ2) is 12.9. The lowest BCUT2D eigenvalue weighted by Gasteiger charge is -2.27. The van der Waals surface area contributed by atoms with Gasteiger partial charge >= 0.3 is 0 Å². The van der Waals surface area contributed by atoms with Gasteiger partial charge < -0.3 is 4.74 Å². The molecule has 1 aromatic heterocycles. The van der Waals surface area contributed by atoms with Crippen molar-refractivity contribution in [1.29, 1.82) is 5.26 Å². The van der Waals surface area contributed by atoms with Gasteiger partial charge in [0.1, 0.15) is 29.7 Å². The number of halogens is 1. The molecule has 0 aliphatic carbocycles. The van der Waals surface area contributed by atoms with Crippen molar-refractivity contribution in [3.63, 3.8) is 0 Å². The second-order valence-corrected chi connectivity index (χ2v) is 10.9. The quantitative estimate of drug-likeness (QED) is 0.134. The number of aromatic nitrogens is 2. The van der Waals surface area contributed by atoms with E-state index in [2.05, 4.69) is 0 Å². The Bertz CT molecular complexity index is 2010. The average Bonchev–Trinajstić information content (AvgIpc) is 3.50. The van der Waals surface area contributed by atoms with E-state index in [1.807, 2.05) is 97.2 Å². The lowest BCUT2D eigenvalue weighted by atomic mass is 9.93. The molecule has 2 amide bonds. The molecule has 220 valence electrons. The SMILES string of the molecule is CC1=C(C#N)C(=O)N(Cc2ccccc2Cl)C(=O)/C1=C/c1cn(-c2ccccc2)nc1-c1cccc(OCc2ccccc2)c1. The summed E-state index contributed by atoms with van der Waals surface area (Å²) >= 11 is 6.36. The van der Waals surface area contributed by atoms with Crippen molar-refractivity contribution in [3.05, 3.63) is 154 Å². The lowest BCUT2D eigenvalue weighted by molar-refractivity contribution is -0.141. The van der Waals surface area contributed by atoms with Crippen LogP contribution in [-0.2, 0) is 22.7 Å². The topological polar surface area (TPSA) is 88.2 Å². The number of carbonyl (C=O) groups excluding carboxylic acids is 2. The summed E-state index contributed by atoms with van der Waals surface area (Å²) in [5.41, 5.74) is 4.92. The van der Waals surface area contributed by atoms with Crippen molar-refractivity contribution >= 4 is 29.5 Å². The van der Waals surface area contributed by atoms with Gasteiger partial charge in [-0.1, -0.05) is 90.5 Å². The van der Waals surface area contributed by atoms with E-state index >= 15 is 0 Å². The van der Waals surface area contributed by atoms with E-state index in [4.69, 9.17) is 21.4 Å². The van der Waals surface area contributed by atoms with Gasteiger partial charge in [-0.25, -0.2) is 4.68 Å². The maximum Gasteiger partial charge on any atom is 0.271 e. The Morgan fingerprint density at radius 3 is 2.33 bits per heavy atom. The summed E-state index contributed by atoms with van der Waals surface area (Å²) in [4.78, 5) is 28.3. The fourth-order valence-corrected chi connectivity index (χ4v) is 5.33. The number of para-hydroxylation sites is 1. The molecule has 6 rings (SSSR count). The average molecular weight is 611 g/mol. The standard InChI is InChI=1S/C37H27ClN4O3/c1-25-32(36(43)41(37(44)33(25)21-39)22-28-13-8-9-18-34(28)38)20-29-23-42(30-15-6-3-7-16-30)40-35(29)27-14-10-17-31(19-27)45-24-26-11-4-2-5-12-26/h2-20,23H,22,24H2,1H3/b32-20+. The predicted molar refractivity (Wildman–Crippen MR) is 173 cm³/mol. The highest BCUT2D eigenvalue weighted by Crippen LogP contribution is 2.33. The third-order valence-electron chi connectivity index (χ3n) is 7.53. The van der Waals surface area contributed by atoms with Crippen LogP contribution in [-0.4, -0.2) is 26.5 Å². The minimum absolute atomic E-state index is 0.0654. The summed E-state index contributed by atoms with van der Waals surface area (Å²) in [7, 11) is 0. The molecule has 0 fully saturated rings. The van der Waals surface area contributed by atoms with Gasteiger partial charge in [0.25, 0.3) is 11.8 Å². The van der Waals surface area contributed by atoms with E-state index < -0.39 is 11.8 Å². The van der Waals surface area contributed by atoms with Gasteiger partial charge in [0.05, 0.1) is 12.2 Å². The van der Waals surface area contributed by atoms with E-state index in [0.29, 0.717) is 39.8 Å². The zero-order chi connectivity index (χ0) is 31.3. The van der Waals surface area contributed by atoms with Gasteiger partial charge in [0, 0.05) is 27.9 Å². The molecule has 0 bridgehead atoms. The van der Waals surface area contributed by atoms with Crippen LogP contribution in [0.4, 0.5) is 0 Å². The monoisotopic (exact) mass is 610 g/mol. The van der Waals surface area contributed by atoms with Gasteiger partial charge in [-0.3, -0.25) is 14.5 Å². The lowest BCUT2D eigenvalue weighted by Crippen LogP contribution is -2.42. The Kier molecular flexibility index (Phi) is 8.41. The maximum absolute atomic E-state index is 13.9. The van der Waals surface area contributed by atoms with Gasteiger partial charge in [-0.05, 0) is 60.0 Å². The molecule has 0 saturated carbocycles. The van der Waals surface area contributed by atoms with Gasteiger partial charge in [0.15, 0.2) is 0 Å². The third kappa shape index (κ3) is 6.19. The van der Waals surface area contributed by atoms with Crippen LogP contribution in [0.5, 0.6) is 5.75 Å². The zero-order valence-electron chi connectivity index (χ0n) is 24.4. The van der Waals surface area contributed by atoms with Crippen molar-refractivity contribution < 1.29 is 14.3 Å². The number of benzene rings is 4. The summed E-state index contributed by atoms with van der Waals surface area (Å²) in [6.45, 7) is 1.96. The molecule has 45 heavy (non-hydrogen) atoms. The molecule has 0 unspecified atom stereocenters. The molecule has 8 heteroatoms. The molecule has 4 aromatic carbocycles. The van der Waals surface area contributed by atoms with Crippen LogP contribution in [0.25, 0.3) is 23.0 Å². The normalized spacial score (nSPS) is 14.2. The van der Waals surface area contributed by atoms with Gasteiger partial charge in [-0.2, -0.15) is 10.4 Å². The Labute approximate surface area is 265 Å². The van der Waals surface area contributed by atoms with Crippen molar-refractivity contribution in [2.45, 2.75) is 20.1 Å². The van der Waals surface area contributed by atoms with Crippen molar-refractivity contribution in [2.24, 2.45) is 0 Å². The van der Waals surface area contributed by atoms with Crippen LogP contribution in [0, 0.1) is 11.3 Å². The Morgan fingerprint density at radius 1 is 0.889 bits per heavy atom. The van der Waals surface area contributed by atoms with Crippen LogP contribution in [0.1, 0.15) is 23.6 Å². The van der Waals surface area contributed by atoms with Crippen molar-refractivity contribution in [2.75, 3.05) is 0 Å². The summed E-state index contributed by atoms with van der Waals surface area (Å²) in [6.07, 6.45) is 3.52. The molecular weight excluding hydrogens is 584 g/mol. The number of carbonyl (C=O) groups is 2. The Morgan fingerprint density at radius 2 is 1.60 bits per heavy atom. The molecule has 1 aliphatic rings. The number of hydrogen-bond acceptors (Lipinski definition) is 5. The molecule has 2 heterocycles. The molecule has 0 saturated heterocycles. The zero-order valence-corrected chi connectivity index (χ0v) is 25.1. The third-order valence-corrected chi connectivity index (χ3v) is 7.90. The highest BCUT2D eigenvalue weighted by Gasteiger charge is 2.36. The van der Waals surface area contributed by atoms with Gasteiger partial charge in [0.2, 0.25) is 0 Å². The first-order valence-electron chi connectivity index (χ1n) is 14.3. The maximum atomic E-state index is 13.9. The Balaban J connectivity index is 1.43. The van der Waals surface area contributed by atoms with Crippen molar-refractivity contribution in [1.82, 2.24) is 14.7 Å². The molecule has 1 aliphatic heterocycles. The predicted octanol–water partition coefficient (Wildman–Crippen LogP) is 7.56. The fourth-order valence-electron chi connectivity index (χ4n) is 5.13. The first kappa shape index (κ1) is 29.4. The number of hydrogen-bond donors (Lipinski definition) is 0. The molecule has 0 radical (unpaired) electrons. The van der Waals surface area contributed by atoms with Gasteiger partial charge in [-0.15, -0.1) is 0 Å². The largest absolute Gasteiger partial charge is 0.489 e. The first-order chi connectivity index (χ1) is 21.9. The number of rotatable bonds is 8. The smallest absolute Gasteiger partial charge is 0.271 e. The number of nitrogens with zero attached hydrogens (tertiary/aromatic N) is 4. The summed E-state index contributed by atoms with van der Waals surface area (Å²) in [5, 5.41) is 15.3. The number of nitriles is 1. The summed E-state index contributed by atoms with van der Waals surface area (Å²) in [6, 6.07) is 36.1. The van der Waals surface area contributed by atoms with E-state index in [-0.39, 0.29) is 17.7 Å². The molecule has 7 nitrogen and oxygen atoms in total. The summed E-state index contributed by atoms with van der Waals surface area (Å²) < 4.78 is 7.83. The molecule has 0 N–H and O–H groups in total. The Hall–Kier alpha value is -5.71. The number of amides is 2. The van der Waals surface area contributed by atoms with Crippen LogP contribution in [0.15, 0.2) is 132 Å². The minimum Gasteiger partial charge on any atom is -0.489 e. The molecule has 0 atom stereocenters. The van der Waals surface area contributed by atoms with Crippen molar-refractivity contribution in [3.8, 4) is 28.8 Å². The minimum atomic E-state index is -0.652. The van der Waals surface area contributed by atoms with E-state index in [0.717, 1.165) is 21.7 Å². The van der Waals surface area contributed by atoms with Crippen LogP contribution in [0.2, 0.25) is 5.02 Å². The van der Waals surface area contributed by atoms with Crippen LogP contribution in [0.3, 0.4) is 0 Å². The highest BCUT2D eigenvalue weighted by molar-refractivity contribution is 6.31. The molecular formula is C37H27ClN4O3. The molecule has 5 aromatic rings. The number of ether oxygens (including phenoxy) is 1. The highest BCUT2D eigenvalue weighted by atomic mass is 35.5. The number of imide groups is 1. The first-order valence-corrected chi connectivity index (χ1v) is 14.7.